The van der Waals surface area contributed by atoms with Crippen LogP contribution in [0.25, 0.3) is 0 Å². The third kappa shape index (κ3) is 14.5. The van der Waals surface area contributed by atoms with Gasteiger partial charge in [-0.05, 0) is 129 Å². The van der Waals surface area contributed by atoms with E-state index in [-0.39, 0.29) is 48.1 Å². The molecule has 1 amide bonds. The van der Waals surface area contributed by atoms with Crippen LogP contribution in [-0.2, 0) is 38.9 Å². The minimum absolute atomic E-state index is 0. The zero-order chi connectivity index (χ0) is 46.3. The van der Waals surface area contributed by atoms with Crippen LogP contribution in [0, 0.1) is 11.8 Å². The number of carbonyl (C=O) groups is 2. The van der Waals surface area contributed by atoms with Gasteiger partial charge < -0.3 is 24.8 Å². The van der Waals surface area contributed by atoms with E-state index in [1.165, 1.54) is 36.4 Å². The molecular formula is C51H64ClF9N2O5. The molecule has 4 aromatic carbocycles. The number of carboxylic acids is 1. The van der Waals surface area contributed by atoms with Crippen LogP contribution in [0.15, 0.2) is 97.1 Å². The zero-order valence-corrected chi connectivity index (χ0v) is 35.4. The molecule has 4 fully saturated rings. The minimum atomic E-state index is -4.43. The Balaban J connectivity index is 0.000000382. The van der Waals surface area contributed by atoms with Gasteiger partial charge in [0.05, 0.1) is 40.7 Å². The van der Waals surface area contributed by atoms with Gasteiger partial charge in [0.2, 0.25) is 5.91 Å². The highest BCUT2D eigenvalue weighted by molar-refractivity contribution is 6.30. The Morgan fingerprint density at radius 3 is 1.37 bits per heavy atom. The fourth-order valence-electron chi connectivity index (χ4n) is 8.28. The van der Waals surface area contributed by atoms with E-state index in [1.54, 1.807) is 17.0 Å². The number of carboxylic acid groups (broad SMARTS) is 1. The lowest BCUT2D eigenvalue weighted by molar-refractivity contribution is -0.147. The predicted octanol–water partition coefficient (Wildman–Crippen LogP) is 14.2. The van der Waals surface area contributed by atoms with E-state index in [0.29, 0.717) is 67.0 Å². The second kappa shape index (κ2) is 24.5. The van der Waals surface area contributed by atoms with Crippen LogP contribution in [0.2, 0.25) is 5.02 Å². The summed E-state index contributed by atoms with van der Waals surface area (Å²) in [7, 11) is 0. The number of benzene rings is 4. The van der Waals surface area contributed by atoms with Crippen molar-refractivity contribution in [3.8, 4) is 11.5 Å². The van der Waals surface area contributed by atoms with E-state index in [1.807, 2.05) is 12.1 Å². The zero-order valence-electron chi connectivity index (χ0n) is 34.6. The molecule has 8 rings (SSSR count). The Morgan fingerprint density at radius 1 is 0.603 bits per heavy atom. The molecule has 4 aromatic rings. The Hall–Kier alpha value is -4.96. The summed E-state index contributed by atoms with van der Waals surface area (Å²) in [5.41, 5.74) is -2.07. The summed E-state index contributed by atoms with van der Waals surface area (Å²) in [5.74, 6) is 0.507. The fourth-order valence-corrected chi connectivity index (χ4v) is 8.41. The fraction of sp³-hybridized carbons (Fsp3) is 0.490. The molecule has 0 unspecified atom stereocenters. The molecule has 0 bridgehead atoms. The summed E-state index contributed by atoms with van der Waals surface area (Å²) in [6, 6.07) is 21.3. The Morgan fingerprint density at radius 2 is 1.00 bits per heavy atom. The lowest BCUT2D eigenvalue weighted by atomic mass is 9.63. The number of hydrogen-bond donors (Lipinski definition) is 2. The van der Waals surface area contributed by atoms with E-state index >= 15 is 0 Å². The van der Waals surface area contributed by atoms with Crippen molar-refractivity contribution in [2.75, 3.05) is 39.4 Å². The van der Waals surface area contributed by atoms with Gasteiger partial charge in [-0.2, -0.15) is 39.5 Å². The molecule has 2 saturated heterocycles. The summed E-state index contributed by atoms with van der Waals surface area (Å²) in [6.07, 6.45) is -6.87. The van der Waals surface area contributed by atoms with Crippen molar-refractivity contribution >= 4 is 23.5 Å². The summed E-state index contributed by atoms with van der Waals surface area (Å²) < 4.78 is 125. The number of aliphatic carboxylic acids is 1. The van der Waals surface area contributed by atoms with E-state index in [4.69, 9.17) is 21.1 Å². The molecule has 0 aromatic heterocycles. The highest BCUT2D eigenvalue weighted by Gasteiger charge is 2.49. The highest BCUT2D eigenvalue weighted by Crippen LogP contribution is 2.47. The van der Waals surface area contributed by atoms with Gasteiger partial charge in [0.25, 0.3) is 0 Å². The van der Waals surface area contributed by atoms with Gasteiger partial charge >= 0.3 is 24.5 Å². The number of ether oxygens (including phenoxy) is 2. The van der Waals surface area contributed by atoms with Crippen LogP contribution in [0.4, 0.5) is 39.5 Å². The van der Waals surface area contributed by atoms with Crippen molar-refractivity contribution in [3.63, 3.8) is 0 Å². The van der Waals surface area contributed by atoms with Gasteiger partial charge in [0.15, 0.2) is 0 Å². The average Bonchev–Trinajstić information content (AvgIpc) is 3.92. The molecule has 0 spiro atoms. The maximum atomic E-state index is 13.3. The van der Waals surface area contributed by atoms with Gasteiger partial charge in [-0.25, -0.2) is 0 Å². The number of likely N-dealkylation sites (tertiary alicyclic amines) is 1. The van der Waals surface area contributed by atoms with E-state index in [0.717, 1.165) is 87.2 Å². The maximum absolute atomic E-state index is 13.3. The molecule has 2 aliphatic carbocycles. The summed E-state index contributed by atoms with van der Waals surface area (Å²) >= 11 is 5.76. The standard InChI is InChI=1S/C24H23F6NO2.C12H14F3NO.C11H11ClO2.4CH4/c25-23(26,27)18-4-2-17(3-5-18)22(11-1-12-22)21(32)31-13-10-16(14-31)15-33-20-8-6-19(7-9-20)24(28,29)30;13-12(14,15)10-1-3-11(4-2-10)17-8-9-5-6-16-7-9;12-9-4-2-8(3-5-9)11(10(13)14)6-1-7-11;;;;/h2-9,16H,1,10-15H2;1-4,9,16H,5-8H2;2-5H,1,6-7H2,(H,13,14);4*1H4/t16-;9-;;;;;/m11...../s1. The first-order chi connectivity index (χ1) is 30.2. The van der Waals surface area contributed by atoms with Crippen LogP contribution in [0.1, 0.15) is 109 Å². The first-order valence-corrected chi connectivity index (χ1v) is 21.3. The Kier molecular flexibility index (Phi) is 21.4. The number of hydrogen-bond acceptors (Lipinski definition) is 5. The molecule has 4 aliphatic rings. The number of nitrogens with zero attached hydrogens (tertiary/aromatic N) is 1. The normalized spacial score (nSPS) is 18.9. The molecule has 2 atom stereocenters. The molecule has 2 N–H and O–H groups in total. The van der Waals surface area contributed by atoms with Gasteiger partial charge in [-0.1, -0.05) is 78.4 Å². The van der Waals surface area contributed by atoms with Gasteiger partial charge in [-0.15, -0.1) is 0 Å². The number of carbonyl (C=O) groups excluding carboxylic acids is 1. The maximum Gasteiger partial charge on any atom is 0.416 e. The van der Waals surface area contributed by atoms with Crippen molar-refractivity contribution in [2.24, 2.45) is 11.8 Å². The monoisotopic (exact) mass is 990 g/mol. The van der Waals surface area contributed by atoms with Gasteiger partial charge in [0, 0.05) is 36.5 Å². The number of halogens is 10. The van der Waals surface area contributed by atoms with Crippen LogP contribution >= 0.6 is 11.6 Å². The summed E-state index contributed by atoms with van der Waals surface area (Å²) in [6.45, 7) is 3.69. The first kappa shape index (κ1) is 59.2. The smallest absolute Gasteiger partial charge is 0.416 e. The van der Waals surface area contributed by atoms with E-state index < -0.39 is 52.0 Å². The van der Waals surface area contributed by atoms with Crippen LogP contribution in [-0.4, -0.2) is 61.3 Å². The minimum Gasteiger partial charge on any atom is -0.493 e. The first-order valence-electron chi connectivity index (χ1n) is 21.0. The summed E-state index contributed by atoms with van der Waals surface area (Å²) in [4.78, 5) is 26.2. The molecule has 17 heteroatoms. The number of amides is 1. The van der Waals surface area contributed by atoms with Crippen molar-refractivity contribution in [1.82, 2.24) is 10.2 Å². The Labute approximate surface area is 399 Å². The van der Waals surface area contributed by atoms with Crippen LogP contribution in [0.5, 0.6) is 11.5 Å². The molecule has 0 radical (unpaired) electrons. The third-order valence-corrected chi connectivity index (χ3v) is 12.7. The van der Waals surface area contributed by atoms with Gasteiger partial charge in [-0.3, -0.25) is 9.59 Å². The average molecular weight is 992 g/mol. The highest BCUT2D eigenvalue weighted by atomic mass is 35.5. The van der Waals surface area contributed by atoms with Crippen molar-refractivity contribution < 1.29 is 63.7 Å². The molecular weight excluding hydrogens is 927 g/mol. The second-order valence-corrected chi connectivity index (χ2v) is 17.1. The number of rotatable bonds is 10. The molecule has 2 heterocycles. The van der Waals surface area contributed by atoms with E-state index in [9.17, 15) is 54.2 Å². The lowest BCUT2D eigenvalue weighted by Gasteiger charge is -2.43. The van der Waals surface area contributed by atoms with Crippen LogP contribution in [0.3, 0.4) is 0 Å². The quantitative estimate of drug-likeness (QED) is 0.154. The van der Waals surface area contributed by atoms with Crippen molar-refractivity contribution in [1.29, 1.82) is 0 Å². The molecule has 2 saturated carbocycles. The number of alkyl halides is 9. The number of nitrogens with one attached hydrogen (secondary N) is 1. The van der Waals surface area contributed by atoms with E-state index in [2.05, 4.69) is 5.32 Å². The van der Waals surface area contributed by atoms with Crippen molar-refractivity contribution in [3.05, 3.63) is 130 Å². The molecule has 2 aliphatic heterocycles. The van der Waals surface area contributed by atoms with Gasteiger partial charge in [0.1, 0.15) is 11.5 Å². The third-order valence-electron chi connectivity index (χ3n) is 12.5. The summed E-state index contributed by atoms with van der Waals surface area (Å²) in [5, 5.41) is 13.0. The largest absolute Gasteiger partial charge is 0.493 e. The van der Waals surface area contributed by atoms with Crippen LogP contribution < -0.4 is 14.8 Å². The lowest BCUT2D eigenvalue weighted by Crippen LogP contribution is -2.50. The predicted molar refractivity (Wildman–Crippen MR) is 248 cm³/mol. The molecule has 7 nitrogen and oxygen atoms in total. The topological polar surface area (TPSA) is 88.1 Å². The van der Waals surface area contributed by atoms with Crippen molar-refractivity contribution in [2.45, 2.75) is 110 Å². The Bertz CT molecular complexity index is 2150. The molecule has 68 heavy (non-hydrogen) atoms. The second-order valence-electron chi connectivity index (χ2n) is 16.7. The molecule has 378 valence electrons. The SMILES string of the molecule is C.C.C.C.FC(F)(F)c1ccc(OC[C@@H]2CCNC2)cc1.O=C(N1CC[C@@H](COc2ccc(C(F)(F)F)cc2)C1)C1(c2ccc(C(F)(F)F)cc2)CCC1.O=C(O)C1(c2ccc(Cl)cc2)CCC1.